The van der Waals surface area contributed by atoms with E-state index in [9.17, 15) is 25.0 Å². The fraction of sp³-hybridized carbons (Fsp3) is 0.300. The van der Waals surface area contributed by atoms with Crippen LogP contribution < -0.4 is 5.32 Å². The zero-order chi connectivity index (χ0) is 15.3. The van der Waals surface area contributed by atoms with E-state index in [0.29, 0.717) is 0 Å². The van der Waals surface area contributed by atoms with E-state index in [1.807, 2.05) is 0 Å². The molecule has 0 saturated heterocycles. The third kappa shape index (κ3) is 3.17. The minimum Gasteiger partial charge on any atom is -0.467 e. The molecule has 20 heavy (non-hydrogen) atoms. The Kier molecular flexibility index (Phi) is 4.92. The predicted molar refractivity (Wildman–Crippen MR) is 66.3 cm³/mol. The van der Waals surface area contributed by atoms with Gasteiger partial charge in [-0.05, 0) is 6.07 Å². The molecule has 0 aliphatic rings. The van der Waals surface area contributed by atoms with Crippen molar-refractivity contribution >= 4 is 23.0 Å². The van der Waals surface area contributed by atoms with E-state index in [0.717, 1.165) is 13.2 Å². The quantitative estimate of drug-likeness (QED) is 0.435. The molecule has 0 aliphatic carbocycles. The lowest BCUT2D eigenvalue weighted by molar-refractivity contribution is -0.421. The molecule has 10 nitrogen and oxygen atoms in total. The Morgan fingerprint density at radius 2 is 2.05 bits per heavy atom. The maximum Gasteiger partial charge on any atom is 0.368 e. The molecule has 108 valence electrons. The highest BCUT2D eigenvalue weighted by molar-refractivity contribution is 5.82. The first kappa shape index (κ1) is 15.3. The van der Waals surface area contributed by atoms with Crippen molar-refractivity contribution < 1.29 is 24.5 Å². The Morgan fingerprint density at radius 1 is 1.40 bits per heavy atom. The van der Waals surface area contributed by atoms with E-state index in [4.69, 9.17) is 5.11 Å². The lowest BCUT2D eigenvalue weighted by atomic mass is 10.2. The van der Waals surface area contributed by atoms with Crippen molar-refractivity contribution in [3.8, 4) is 0 Å². The van der Waals surface area contributed by atoms with Gasteiger partial charge in [-0.2, -0.15) is 0 Å². The van der Waals surface area contributed by atoms with Crippen LogP contribution in [0.4, 0.5) is 17.1 Å². The van der Waals surface area contributed by atoms with Gasteiger partial charge in [-0.15, -0.1) is 0 Å². The zero-order valence-corrected chi connectivity index (χ0v) is 10.3. The van der Waals surface area contributed by atoms with Gasteiger partial charge in [0.25, 0.3) is 0 Å². The summed E-state index contributed by atoms with van der Waals surface area (Å²) >= 11 is 0. The number of aliphatic hydroxyl groups excluding tert-OH is 1. The van der Waals surface area contributed by atoms with Crippen LogP contribution in [0.3, 0.4) is 0 Å². The van der Waals surface area contributed by atoms with Crippen LogP contribution in [0.5, 0.6) is 0 Å². The number of para-hydroxylation sites is 1. The highest BCUT2D eigenvalue weighted by Gasteiger charge is 2.30. The molecule has 0 saturated carbocycles. The number of rotatable bonds is 6. The number of nitrogens with one attached hydrogen (secondary N) is 1. The summed E-state index contributed by atoms with van der Waals surface area (Å²) in [7, 11) is 1.08. The van der Waals surface area contributed by atoms with Gasteiger partial charge in [0.2, 0.25) is 0 Å². The first-order valence-electron chi connectivity index (χ1n) is 5.29. The minimum atomic E-state index is -1.26. The molecular formula is C10H11N3O7. The molecule has 0 radical (unpaired) electrons. The molecule has 0 aromatic heterocycles. The Hall–Kier alpha value is -2.75. The molecule has 1 aromatic rings. The molecule has 2 N–H and O–H groups in total. The van der Waals surface area contributed by atoms with Crippen molar-refractivity contribution in [1.29, 1.82) is 0 Å². The van der Waals surface area contributed by atoms with Gasteiger partial charge in [0.1, 0.15) is 11.7 Å². The molecule has 0 spiro atoms. The van der Waals surface area contributed by atoms with Crippen molar-refractivity contribution in [3.05, 3.63) is 38.4 Å². The van der Waals surface area contributed by atoms with Gasteiger partial charge in [0.05, 0.1) is 23.6 Å². The van der Waals surface area contributed by atoms with Crippen LogP contribution in [0.2, 0.25) is 0 Å². The molecule has 0 aliphatic heterocycles. The Bertz CT molecular complexity index is 546. The Labute approximate surface area is 112 Å². The third-order valence-electron chi connectivity index (χ3n) is 2.39. The van der Waals surface area contributed by atoms with Gasteiger partial charge >= 0.3 is 17.3 Å². The van der Waals surface area contributed by atoms with E-state index in [1.54, 1.807) is 0 Å². The number of esters is 1. The van der Waals surface area contributed by atoms with Gasteiger partial charge in [-0.3, -0.25) is 20.2 Å². The normalized spacial score (nSPS) is 11.5. The number of aliphatic hydroxyl groups is 1. The van der Waals surface area contributed by atoms with Gasteiger partial charge in [0, 0.05) is 6.07 Å². The van der Waals surface area contributed by atoms with E-state index in [1.165, 1.54) is 12.1 Å². The van der Waals surface area contributed by atoms with Gasteiger partial charge in [0.15, 0.2) is 0 Å². The maximum atomic E-state index is 11.3. The first-order valence-corrected chi connectivity index (χ1v) is 5.29. The molecule has 0 heterocycles. The second-order valence-electron chi connectivity index (χ2n) is 3.59. The summed E-state index contributed by atoms with van der Waals surface area (Å²) in [5, 5.41) is 33.1. The predicted octanol–water partition coefficient (Wildman–Crippen LogP) is 0.449. The van der Waals surface area contributed by atoms with Crippen molar-refractivity contribution in [3.63, 3.8) is 0 Å². The number of hydrogen-bond acceptors (Lipinski definition) is 8. The molecule has 1 aromatic carbocycles. The summed E-state index contributed by atoms with van der Waals surface area (Å²) in [4.78, 5) is 31.1. The number of carbonyl (C=O) groups excluding carboxylic acids is 1. The number of nitro groups is 2. The van der Waals surface area contributed by atoms with Crippen LogP contribution in [-0.4, -0.2) is 40.7 Å². The van der Waals surface area contributed by atoms with Crippen molar-refractivity contribution in [2.45, 2.75) is 6.04 Å². The van der Waals surface area contributed by atoms with Crippen LogP contribution in [-0.2, 0) is 9.53 Å². The summed E-state index contributed by atoms with van der Waals surface area (Å²) in [6, 6.07) is 2.12. The number of nitrogens with zero attached hydrogens (tertiary/aromatic N) is 2. The smallest absolute Gasteiger partial charge is 0.368 e. The highest BCUT2D eigenvalue weighted by atomic mass is 16.6. The second kappa shape index (κ2) is 6.43. The average Bonchev–Trinajstić information content (AvgIpc) is 2.43. The molecule has 0 amide bonds. The van der Waals surface area contributed by atoms with E-state index >= 15 is 0 Å². The number of anilines is 1. The molecule has 1 rings (SSSR count). The van der Waals surface area contributed by atoms with Crippen LogP contribution in [0, 0.1) is 20.2 Å². The Balaban J connectivity index is 3.24. The molecule has 1 unspecified atom stereocenters. The van der Waals surface area contributed by atoms with Crippen LogP contribution >= 0.6 is 0 Å². The second-order valence-corrected chi connectivity index (χ2v) is 3.59. The number of carbonyl (C=O) groups is 1. The zero-order valence-electron chi connectivity index (χ0n) is 10.3. The SMILES string of the molecule is COC(=O)C(CO)Nc1cccc([N+](=O)[O-])c1[N+](=O)[O-]. The summed E-state index contributed by atoms with van der Waals surface area (Å²) in [6.45, 7) is -0.688. The van der Waals surface area contributed by atoms with E-state index < -0.39 is 39.8 Å². The van der Waals surface area contributed by atoms with Crippen molar-refractivity contribution in [1.82, 2.24) is 0 Å². The molecule has 10 heteroatoms. The molecule has 0 fully saturated rings. The number of methoxy groups -OCH3 is 1. The van der Waals surface area contributed by atoms with Crippen molar-refractivity contribution in [2.75, 3.05) is 19.0 Å². The summed E-state index contributed by atoms with van der Waals surface area (Å²) in [5.74, 6) is -0.853. The van der Waals surface area contributed by atoms with Gasteiger partial charge < -0.3 is 15.2 Å². The summed E-state index contributed by atoms with van der Waals surface area (Å²) < 4.78 is 4.39. The molecular weight excluding hydrogens is 274 g/mol. The lowest BCUT2D eigenvalue weighted by Crippen LogP contribution is -2.34. The number of ether oxygens (including phenoxy) is 1. The summed E-state index contributed by atoms with van der Waals surface area (Å²) in [6.07, 6.45) is 0. The van der Waals surface area contributed by atoms with Gasteiger partial charge in [-0.1, -0.05) is 6.07 Å². The fourth-order valence-corrected chi connectivity index (χ4v) is 1.50. The molecule has 0 bridgehead atoms. The number of hydrogen-bond donors (Lipinski definition) is 2. The van der Waals surface area contributed by atoms with Crippen LogP contribution in [0.15, 0.2) is 18.2 Å². The first-order chi connectivity index (χ1) is 9.42. The largest absolute Gasteiger partial charge is 0.467 e. The standard InChI is InChI=1S/C10H11N3O7/c1-20-10(15)7(5-14)11-6-3-2-4-8(12(16)17)9(6)13(18)19/h2-4,7,11,14H,5H2,1H3. The van der Waals surface area contributed by atoms with E-state index in [-0.39, 0.29) is 5.69 Å². The third-order valence-corrected chi connectivity index (χ3v) is 2.39. The Morgan fingerprint density at radius 3 is 2.50 bits per heavy atom. The monoisotopic (exact) mass is 285 g/mol. The summed E-state index contributed by atoms with van der Waals surface area (Å²) in [5.41, 5.74) is -1.77. The van der Waals surface area contributed by atoms with Gasteiger partial charge in [-0.25, -0.2) is 4.79 Å². The molecule has 1 atom stereocenters. The fourth-order valence-electron chi connectivity index (χ4n) is 1.50. The van der Waals surface area contributed by atoms with Crippen molar-refractivity contribution in [2.24, 2.45) is 0 Å². The topological polar surface area (TPSA) is 145 Å². The van der Waals surface area contributed by atoms with Crippen LogP contribution in [0.25, 0.3) is 0 Å². The number of benzene rings is 1. The minimum absolute atomic E-state index is 0.256. The highest BCUT2D eigenvalue weighted by Crippen LogP contribution is 2.34. The lowest BCUT2D eigenvalue weighted by Gasteiger charge is -2.14. The average molecular weight is 285 g/mol. The maximum absolute atomic E-state index is 11.3. The van der Waals surface area contributed by atoms with E-state index in [2.05, 4.69) is 10.1 Å². The van der Waals surface area contributed by atoms with Crippen LogP contribution in [0.1, 0.15) is 0 Å². The number of nitro benzene ring substituents is 2.